The van der Waals surface area contributed by atoms with E-state index in [9.17, 15) is 10.2 Å². The largest absolute Gasteiger partial charge is 0.508 e. The number of phenols is 2. The Kier molecular flexibility index (Phi) is 2.16. The van der Waals surface area contributed by atoms with E-state index in [4.69, 9.17) is 0 Å². The van der Waals surface area contributed by atoms with E-state index in [0.717, 1.165) is 0 Å². The standard InChI is InChI=1S/C9H10O2/c1-2-4-7-8(10)5-3-6-9(7)11/h2-3,5-6,10-11H,1,4H2. The fraction of sp³-hybridized carbons (Fsp3) is 0.111. The van der Waals surface area contributed by atoms with E-state index in [1.165, 1.54) is 0 Å². The van der Waals surface area contributed by atoms with E-state index in [0.29, 0.717) is 12.0 Å². The van der Waals surface area contributed by atoms with Gasteiger partial charge in [0.2, 0.25) is 0 Å². The zero-order chi connectivity index (χ0) is 8.27. The maximum absolute atomic E-state index is 9.21. The first-order valence-corrected chi connectivity index (χ1v) is 3.36. The molecule has 0 fully saturated rings. The van der Waals surface area contributed by atoms with Crippen molar-refractivity contribution in [3.05, 3.63) is 36.4 Å². The van der Waals surface area contributed by atoms with Crippen LogP contribution in [0, 0.1) is 0 Å². The van der Waals surface area contributed by atoms with Crippen molar-refractivity contribution in [2.24, 2.45) is 0 Å². The summed E-state index contributed by atoms with van der Waals surface area (Å²) in [5.41, 5.74) is 0.530. The lowest BCUT2D eigenvalue weighted by Gasteiger charge is -2.02. The molecule has 2 heteroatoms. The third kappa shape index (κ3) is 1.52. The van der Waals surface area contributed by atoms with E-state index in [-0.39, 0.29) is 11.5 Å². The minimum absolute atomic E-state index is 0.116. The van der Waals surface area contributed by atoms with E-state index >= 15 is 0 Å². The molecule has 0 aliphatic heterocycles. The summed E-state index contributed by atoms with van der Waals surface area (Å²) in [7, 11) is 0. The molecule has 0 amide bonds. The first-order chi connectivity index (χ1) is 5.25. The summed E-state index contributed by atoms with van der Waals surface area (Å²) in [6, 6.07) is 4.67. The van der Waals surface area contributed by atoms with Crippen molar-refractivity contribution in [3.63, 3.8) is 0 Å². The van der Waals surface area contributed by atoms with Crippen LogP contribution in [0.3, 0.4) is 0 Å². The molecule has 0 aromatic heterocycles. The zero-order valence-corrected chi connectivity index (χ0v) is 6.12. The molecule has 1 aromatic rings. The first-order valence-electron chi connectivity index (χ1n) is 3.36. The van der Waals surface area contributed by atoms with Gasteiger partial charge in [-0.25, -0.2) is 0 Å². The van der Waals surface area contributed by atoms with Gasteiger partial charge in [-0.3, -0.25) is 0 Å². The van der Waals surface area contributed by atoms with Crippen LogP contribution in [0.15, 0.2) is 30.9 Å². The van der Waals surface area contributed by atoms with Gasteiger partial charge in [0.15, 0.2) is 0 Å². The van der Waals surface area contributed by atoms with Crippen LogP contribution in [0.2, 0.25) is 0 Å². The van der Waals surface area contributed by atoms with Crippen LogP contribution in [0.4, 0.5) is 0 Å². The number of phenolic OH excluding ortho intramolecular Hbond substituents is 2. The number of aromatic hydroxyl groups is 2. The van der Waals surface area contributed by atoms with Crippen molar-refractivity contribution in [1.82, 2.24) is 0 Å². The van der Waals surface area contributed by atoms with Crippen molar-refractivity contribution in [1.29, 1.82) is 0 Å². The van der Waals surface area contributed by atoms with Crippen molar-refractivity contribution < 1.29 is 10.2 Å². The van der Waals surface area contributed by atoms with Gasteiger partial charge in [0.05, 0.1) is 0 Å². The summed E-state index contributed by atoms with van der Waals surface area (Å²) >= 11 is 0. The second kappa shape index (κ2) is 3.10. The summed E-state index contributed by atoms with van der Waals surface area (Å²) in [6.45, 7) is 3.52. The molecule has 0 radical (unpaired) electrons. The van der Waals surface area contributed by atoms with E-state index in [2.05, 4.69) is 6.58 Å². The Morgan fingerprint density at radius 3 is 2.27 bits per heavy atom. The molecular weight excluding hydrogens is 140 g/mol. The highest BCUT2D eigenvalue weighted by molar-refractivity contribution is 5.43. The topological polar surface area (TPSA) is 40.5 Å². The fourth-order valence-corrected chi connectivity index (χ4v) is 0.916. The molecule has 0 aliphatic carbocycles. The summed E-state index contributed by atoms with van der Waals surface area (Å²) < 4.78 is 0. The molecule has 0 aliphatic rings. The third-order valence-corrected chi connectivity index (χ3v) is 1.48. The lowest BCUT2D eigenvalue weighted by atomic mass is 10.1. The average Bonchev–Trinajstić information content (AvgIpc) is 1.97. The van der Waals surface area contributed by atoms with Crippen LogP contribution >= 0.6 is 0 Å². The second-order valence-electron chi connectivity index (χ2n) is 2.27. The highest BCUT2D eigenvalue weighted by atomic mass is 16.3. The Morgan fingerprint density at radius 1 is 1.27 bits per heavy atom. The van der Waals surface area contributed by atoms with Crippen LogP contribution < -0.4 is 0 Å². The monoisotopic (exact) mass is 150 g/mol. The highest BCUT2D eigenvalue weighted by Crippen LogP contribution is 2.26. The SMILES string of the molecule is C=CCc1c(O)cccc1O. The maximum Gasteiger partial charge on any atom is 0.122 e. The summed E-state index contributed by atoms with van der Waals surface area (Å²) in [5, 5.41) is 18.4. The molecule has 0 saturated carbocycles. The van der Waals surface area contributed by atoms with Gasteiger partial charge in [0.25, 0.3) is 0 Å². The Balaban J connectivity index is 3.09. The third-order valence-electron chi connectivity index (χ3n) is 1.48. The Labute approximate surface area is 65.4 Å². The van der Waals surface area contributed by atoms with Gasteiger partial charge in [0, 0.05) is 5.56 Å². The van der Waals surface area contributed by atoms with Gasteiger partial charge in [0.1, 0.15) is 11.5 Å². The molecule has 0 bridgehead atoms. The molecular formula is C9H10O2. The summed E-state index contributed by atoms with van der Waals surface area (Å²) in [4.78, 5) is 0. The predicted molar refractivity (Wildman–Crippen MR) is 43.7 cm³/mol. The van der Waals surface area contributed by atoms with Crippen LogP contribution in [-0.4, -0.2) is 10.2 Å². The van der Waals surface area contributed by atoms with Gasteiger partial charge in [-0.05, 0) is 18.6 Å². The van der Waals surface area contributed by atoms with Crippen LogP contribution in [0.25, 0.3) is 0 Å². The normalized spacial score (nSPS) is 9.45. The molecule has 58 valence electrons. The summed E-state index contributed by atoms with van der Waals surface area (Å²) in [5.74, 6) is 0.231. The number of benzene rings is 1. The second-order valence-corrected chi connectivity index (χ2v) is 2.27. The molecule has 2 N–H and O–H groups in total. The number of hydrogen-bond acceptors (Lipinski definition) is 2. The molecule has 0 spiro atoms. The minimum Gasteiger partial charge on any atom is -0.508 e. The lowest BCUT2D eigenvalue weighted by Crippen LogP contribution is -1.82. The first kappa shape index (κ1) is 7.66. The fourth-order valence-electron chi connectivity index (χ4n) is 0.916. The van der Waals surface area contributed by atoms with Gasteiger partial charge in [-0.1, -0.05) is 12.1 Å². The van der Waals surface area contributed by atoms with Gasteiger partial charge in [-0.2, -0.15) is 0 Å². The zero-order valence-electron chi connectivity index (χ0n) is 6.12. The number of allylic oxidation sites excluding steroid dienone is 1. The molecule has 0 heterocycles. The molecule has 2 nitrogen and oxygen atoms in total. The molecule has 1 aromatic carbocycles. The van der Waals surface area contributed by atoms with Crippen molar-refractivity contribution in [2.75, 3.05) is 0 Å². The maximum atomic E-state index is 9.21. The van der Waals surface area contributed by atoms with Gasteiger partial charge >= 0.3 is 0 Å². The van der Waals surface area contributed by atoms with Crippen molar-refractivity contribution in [3.8, 4) is 11.5 Å². The Bertz CT molecular complexity index is 246. The van der Waals surface area contributed by atoms with Crippen LogP contribution in [0.1, 0.15) is 5.56 Å². The van der Waals surface area contributed by atoms with Crippen molar-refractivity contribution >= 4 is 0 Å². The predicted octanol–water partition coefficient (Wildman–Crippen LogP) is 1.83. The molecule has 11 heavy (non-hydrogen) atoms. The summed E-state index contributed by atoms with van der Waals surface area (Å²) in [6.07, 6.45) is 2.12. The molecule has 0 unspecified atom stereocenters. The van der Waals surface area contributed by atoms with Crippen LogP contribution in [-0.2, 0) is 6.42 Å². The van der Waals surface area contributed by atoms with Gasteiger partial charge < -0.3 is 10.2 Å². The van der Waals surface area contributed by atoms with Crippen LogP contribution in [0.5, 0.6) is 11.5 Å². The highest BCUT2D eigenvalue weighted by Gasteiger charge is 2.02. The van der Waals surface area contributed by atoms with Gasteiger partial charge in [-0.15, -0.1) is 6.58 Å². The molecule has 1 rings (SSSR count). The molecule has 0 atom stereocenters. The van der Waals surface area contributed by atoms with E-state index in [1.54, 1.807) is 24.3 Å². The van der Waals surface area contributed by atoms with E-state index < -0.39 is 0 Å². The number of rotatable bonds is 2. The minimum atomic E-state index is 0.116. The lowest BCUT2D eigenvalue weighted by molar-refractivity contribution is 0.441. The van der Waals surface area contributed by atoms with Crippen molar-refractivity contribution in [2.45, 2.75) is 6.42 Å². The van der Waals surface area contributed by atoms with E-state index in [1.807, 2.05) is 0 Å². The smallest absolute Gasteiger partial charge is 0.122 e. The average molecular weight is 150 g/mol. The molecule has 0 saturated heterocycles. The quantitative estimate of drug-likeness (QED) is 0.631. The Hall–Kier alpha value is -1.44. The number of hydrogen-bond donors (Lipinski definition) is 2. The Morgan fingerprint density at radius 2 is 1.82 bits per heavy atom.